The number of hydrogen-bond acceptors (Lipinski definition) is 6. The Balaban J connectivity index is 2.05. The monoisotopic (exact) mass is 285 g/mol. The minimum Gasteiger partial charge on any atom is -0.466 e. The summed E-state index contributed by atoms with van der Waals surface area (Å²) in [5, 5.41) is 3.67. The zero-order valence-corrected chi connectivity index (χ0v) is 11.3. The minimum atomic E-state index is -0.232. The van der Waals surface area contributed by atoms with Gasteiger partial charge >= 0.3 is 5.97 Å². The second kappa shape index (κ2) is 5.97. The van der Waals surface area contributed by atoms with Gasteiger partial charge in [0.25, 0.3) is 0 Å². The maximum atomic E-state index is 11.2. The van der Waals surface area contributed by atoms with Crippen LogP contribution in [-0.4, -0.2) is 27.9 Å². The summed E-state index contributed by atoms with van der Waals surface area (Å²) in [6.45, 7) is 2.63. The Labute approximate surface area is 113 Å². The Kier molecular flexibility index (Phi) is 4.33. The standard InChI is InChI=1S/C11H12ClN3O2S/c1-2-17-9(16)5-6-13-10-7(12)3-4-8-11(10)15-18-14-8/h3-4,13H,2,5-6H2,1H3. The molecule has 96 valence electrons. The van der Waals surface area contributed by atoms with Crippen LogP contribution in [0.15, 0.2) is 12.1 Å². The van der Waals surface area contributed by atoms with Gasteiger partial charge in [0.1, 0.15) is 11.0 Å². The highest BCUT2D eigenvalue weighted by molar-refractivity contribution is 7.00. The molecule has 0 radical (unpaired) electrons. The normalized spacial score (nSPS) is 10.6. The number of nitrogens with one attached hydrogen (secondary N) is 1. The molecule has 2 rings (SSSR count). The summed E-state index contributed by atoms with van der Waals surface area (Å²) in [5.74, 6) is -0.232. The van der Waals surface area contributed by atoms with E-state index in [0.717, 1.165) is 22.8 Å². The van der Waals surface area contributed by atoms with Crippen LogP contribution in [0.4, 0.5) is 5.69 Å². The molecule has 0 amide bonds. The third kappa shape index (κ3) is 2.88. The van der Waals surface area contributed by atoms with E-state index in [1.54, 1.807) is 13.0 Å². The van der Waals surface area contributed by atoms with Gasteiger partial charge in [-0.2, -0.15) is 8.75 Å². The van der Waals surface area contributed by atoms with Crippen molar-refractivity contribution in [2.75, 3.05) is 18.5 Å². The first-order valence-corrected chi connectivity index (χ1v) is 6.63. The molecular formula is C11H12ClN3O2S. The quantitative estimate of drug-likeness (QED) is 0.856. The summed E-state index contributed by atoms with van der Waals surface area (Å²) in [4.78, 5) is 11.2. The first kappa shape index (κ1) is 13.0. The molecule has 0 atom stereocenters. The molecule has 18 heavy (non-hydrogen) atoms. The Morgan fingerprint density at radius 1 is 1.50 bits per heavy atom. The smallest absolute Gasteiger partial charge is 0.307 e. The Bertz CT molecular complexity index is 558. The molecule has 0 aliphatic heterocycles. The number of fused-ring (bicyclic) bond motifs is 1. The number of rotatable bonds is 5. The maximum Gasteiger partial charge on any atom is 0.307 e. The van der Waals surface area contributed by atoms with E-state index in [9.17, 15) is 4.79 Å². The van der Waals surface area contributed by atoms with Crippen LogP contribution in [-0.2, 0) is 9.53 Å². The van der Waals surface area contributed by atoms with Crippen LogP contribution in [0.3, 0.4) is 0 Å². The predicted octanol–water partition coefficient (Wildman–Crippen LogP) is 2.71. The number of ether oxygens (including phenoxy) is 1. The molecule has 0 aliphatic rings. The van der Waals surface area contributed by atoms with Gasteiger partial charge in [0.15, 0.2) is 0 Å². The molecule has 0 saturated heterocycles. The highest BCUT2D eigenvalue weighted by Gasteiger charge is 2.10. The number of aromatic nitrogens is 2. The van der Waals surface area contributed by atoms with Crippen molar-refractivity contribution in [3.05, 3.63) is 17.2 Å². The van der Waals surface area contributed by atoms with Gasteiger partial charge in [-0.1, -0.05) is 11.6 Å². The van der Waals surface area contributed by atoms with Gasteiger partial charge in [-0.25, -0.2) is 0 Å². The van der Waals surface area contributed by atoms with Crippen molar-refractivity contribution in [1.29, 1.82) is 0 Å². The van der Waals surface area contributed by atoms with Crippen LogP contribution in [0.5, 0.6) is 0 Å². The largest absolute Gasteiger partial charge is 0.466 e. The Morgan fingerprint density at radius 3 is 3.11 bits per heavy atom. The second-order valence-corrected chi connectivity index (χ2v) is 4.47. The molecule has 0 spiro atoms. The van der Waals surface area contributed by atoms with Crippen molar-refractivity contribution in [3.8, 4) is 0 Å². The fourth-order valence-electron chi connectivity index (χ4n) is 1.52. The topological polar surface area (TPSA) is 64.1 Å². The maximum absolute atomic E-state index is 11.2. The number of carbonyl (C=O) groups is 1. The lowest BCUT2D eigenvalue weighted by Gasteiger charge is -2.08. The van der Waals surface area contributed by atoms with Crippen molar-refractivity contribution in [3.63, 3.8) is 0 Å². The number of hydrogen-bond donors (Lipinski definition) is 1. The van der Waals surface area contributed by atoms with Crippen LogP contribution in [0.25, 0.3) is 11.0 Å². The molecule has 0 unspecified atom stereocenters. The van der Waals surface area contributed by atoms with Gasteiger partial charge in [0, 0.05) is 6.54 Å². The number of esters is 1. The van der Waals surface area contributed by atoms with Crippen LogP contribution >= 0.6 is 23.3 Å². The van der Waals surface area contributed by atoms with Crippen molar-refractivity contribution in [2.24, 2.45) is 0 Å². The SMILES string of the molecule is CCOC(=O)CCNc1c(Cl)ccc2nsnc12. The fourth-order valence-corrected chi connectivity index (χ4v) is 2.28. The molecule has 0 saturated carbocycles. The summed E-state index contributed by atoms with van der Waals surface area (Å²) in [7, 11) is 0. The number of carbonyl (C=O) groups excluding carboxylic acids is 1. The molecule has 0 fully saturated rings. The van der Waals surface area contributed by atoms with E-state index in [0.29, 0.717) is 23.9 Å². The van der Waals surface area contributed by atoms with E-state index in [2.05, 4.69) is 14.1 Å². The van der Waals surface area contributed by atoms with Crippen molar-refractivity contribution in [1.82, 2.24) is 8.75 Å². The summed E-state index contributed by atoms with van der Waals surface area (Å²) < 4.78 is 13.2. The van der Waals surface area contributed by atoms with Gasteiger partial charge in [0.2, 0.25) is 0 Å². The molecule has 1 aromatic heterocycles. The fraction of sp³-hybridized carbons (Fsp3) is 0.364. The lowest BCUT2D eigenvalue weighted by Crippen LogP contribution is -2.11. The molecule has 2 aromatic rings. The number of benzene rings is 1. The molecule has 7 heteroatoms. The predicted molar refractivity (Wildman–Crippen MR) is 72.2 cm³/mol. The summed E-state index contributed by atoms with van der Waals surface area (Å²) in [5.41, 5.74) is 2.24. The number of nitrogens with zero attached hydrogens (tertiary/aromatic N) is 2. The van der Waals surface area contributed by atoms with E-state index < -0.39 is 0 Å². The third-order valence-corrected chi connectivity index (χ3v) is 3.17. The molecule has 0 bridgehead atoms. The van der Waals surface area contributed by atoms with E-state index in [4.69, 9.17) is 16.3 Å². The average molecular weight is 286 g/mol. The first-order valence-electron chi connectivity index (χ1n) is 5.52. The zero-order valence-electron chi connectivity index (χ0n) is 9.77. The highest BCUT2D eigenvalue weighted by atomic mass is 35.5. The molecule has 1 N–H and O–H groups in total. The summed E-state index contributed by atoms with van der Waals surface area (Å²) in [6, 6.07) is 3.58. The van der Waals surface area contributed by atoms with Crippen LogP contribution in [0, 0.1) is 0 Å². The average Bonchev–Trinajstić information content (AvgIpc) is 2.80. The van der Waals surface area contributed by atoms with Crippen molar-refractivity contribution in [2.45, 2.75) is 13.3 Å². The van der Waals surface area contributed by atoms with Crippen LogP contribution < -0.4 is 5.32 Å². The molecule has 0 aliphatic carbocycles. The third-order valence-electron chi connectivity index (χ3n) is 2.31. The molecule has 5 nitrogen and oxygen atoms in total. The van der Waals surface area contributed by atoms with Gasteiger partial charge < -0.3 is 10.1 Å². The molecular weight excluding hydrogens is 274 g/mol. The van der Waals surface area contributed by atoms with E-state index in [-0.39, 0.29) is 12.4 Å². The Morgan fingerprint density at radius 2 is 2.33 bits per heavy atom. The second-order valence-electron chi connectivity index (χ2n) is 3.54. The zero-order chi connectivity index (χ0) is 13.0. The van der Waals surface area contributed by atoms with Crippen molar-refractivity contribution >= 4 is 46.0 Å². The minimum absolute atomic E-state index is 0.232. The van der Waals surface area contributed by atoms with Gasteiger partial charge in [0.05, 0.1) is 35.5 Å². The lowest BCUT2D eigenvalue weighted by atomic mass is 10.2. The van der Waals surface area contributed by atoms with Crippen molar-refractivity contribution < 1.29 is 9.53 Å². The molecule has 1 aromatic carbocycles. The van der Waals surface area contributed by atoms with Gasteiger partial charge in [-0.05, 0) is 19.1 Å². The van der Waals surface area contributed by atoms with E-state index in [1.807, 2.05) is 6.07 Å². The van der Waals surface area contributed by atoms with Gasteiger partial charge in [-0.15, -0.1) is 0 Å². The Hall–Kier alpha value is -1.40. The van der Waals surface area contributed by atoms with Crippen LogP contribution in [0.2, 0.25) is 5.02 Å². The van der Waals surface area contributed by atoms with E-state index in [1.165, 1.54) is 0 Å². The highest BCUT2D eigenvalue weighted by Crippen LogP contribution is 2.29. The van der Waals surface area contributed by atoms with Crippen LogP contribution in [0.1, 0.15) is 13.3 Å². The summed E-state index contributed by atoms with van der Waals surface area (Å²) >= 11 is 7.23. The summed E-state index contributed by atoms with van der Waals surface area (Å²) in [6.07, 6.45) is 0.290. The molecule has 1 heterocycles. The van der Waals surface area contributed by atoms with E-state index >= 15 is 0 Å². The lowest BCUT2D eigenvalue weighted by molar-refractivity contribution is -0.142. The van der Waals surface area contributed by atoms with Gasteiger partial charge in [-0.3, -0.25) is 4.79 Å². The first-order chi connectivity index (χ1) is 8.72. The number of halogens is 1. The number of anilines is 1.